The van der Waals surface area contributed by atoms with Gasteiger partial charge in [-0.25, -0.2) is 4.79 Å². The maximum atomic E-state index is 12.4. The van der Waals surface area contributed by atoms with Crippen LogP contribution in [0.4, 0.5) is 5.69 Å². The number of hydrogen-bond acceptors (Lipinski definition) is 6. The number of carbonyl (C=O) groups is 2. The summed E-state index contributed by atoms with van der Waals surface area (Å²) >= 11 is 0. The van der Waals surface area contributed by atoms with Crippen molar-refractivity contribution in [2.75, 3.05) is 51.4 Å². The zero-order chi connectivity index (χ0) is 21.5. The van der Waals surface area contributed by atoms with E-state index in [1.807, 2.05) is 56.3 Å². The Hall–Kier alpha value is -3.22. The van der Waals surface area contributed by atoms with E-state index in [1.165, 1.54) is 0 Å². The molecule has 30 heavy (non-hydrogen) atoms. The molecule has 0 aliphatic carbocycles. The maximum Gasteiger partial charge on any atom is 0.344 e. The molecular formula is C23H28N2O5. The maximum absolute atomic E-state index is 12.4. The highest BCUT2D eigenvalue weighted by Gasteiger charge is 2.22. The van der Waals surface area contributed by atoms with E-state index < -0.39 is 5.97 Å². The third kappa shape index (κ3) is 5.65. The molecule has 0 aromatic heterocycles. The van der Waals surface area contributed by atoms with Crippen molar-refractivity contribution in [3.63, 3.8) is 0 Å². The highest BCUT2D eigenvalue weighted by atomic mass is 16.6. The van der Waals surface area contributed by atoms with Gasteiger partial charge in [0, 0.05) is 31.9 Å². The number of piperazine rings is 1. The Bertz CT molecular complexity index is 874. The zero-order valence-electron chi connectivity index (χ0n) is 17.7. The molecule has 3 rings (SSSR count). The molecule has 2 aromatic rings. The van der Waals surface area contributed by atoms with Gasteiger partial charge in [0.2, 0.25) is 0 Å². The van der Waals surface area contributed by atoms with Gasteiger partial charge in [-0.1, -0.05) is 17.7 Å². The van der Waals surface area contributed by atoms with Crippen molar-refractivity contribution in [2.24, 2.45) is 0 Å². The fraction of sp³-hybridized carbons (Fsp3) is 0.391. The number of methoxy groups -OCH3 is 1. The SMILES string of the molecule is COc1ccc(N2CCN(C(=O)COC(=O)COc3ccc(C)cc3C)CC2)cc1. The molecule has 1 saturated heterocycles. The van der Waals surface area contributed by atoms with Crippen molar-refractivity contribution in [3.05, 3.63) is 53.6 Å². The summed E-state index contributed by atoms with van der Waals surface area (Å²) in [5.41, 5.74) is 3.17. The summed E-state index contributed by atoms with van der Waals surface area (Å²) in [4.78, 5) is 28.2. The Morgan fingerprint density at radius 1 is 0.933 bits per heavy atom. The lowest BCUT2D eigenvalue weighted by Gasteiger charge is -2.36. The van der Waals surface area contributed by atoms with Gasteiger partial charge in [0.1, 0.15) is 11.5 Å². The fourth-order valence-electron chi connectivity index (χ4n) is 3.38. The molecule has 0 atom stereocenters. The summed E-state index contributed by atoms with van der Waals surface area (Å²) < 4.78 is 15.8. The van der Waals surface area contributed by atoms with Gasteiger partial charge < -0.3 is 24.0 Å². The second-order valence-corrected chi connectivity index (χ2v) is 7.28. The number of esters is 1. The van der Waals surface area contributed by atoms with Gasteiger partial charge in [-0.05, 0) is 49.7 Å². The Morgan fingerprint density at radius 2 is 1.63 bits per heavy atom. The molecule has 1 fully saturated rings. The van der Waals surface area contributed by atoms with Gasteiger partial charge in [0.05, 0.1) is 7.11 Å². The minimum atomic E-state index is -0.555. The topological polar surface area (TPSA) is 68.3 Å². The van der Waals surface area contributed by atoms with E-state index >= 15 is 0 Å². The molecule has 7 heteroatoms. The van der Waals surface area contributed by atoms with Crippen LogP contribution in [0.2, 0.25) is 0 Å². The molecule has 0 saturated carbocycles. The van der Waals surface area contributed by atoms with Crippen molar-refractivity contribution in [1.29, 1.82) is 0 Å². The molecule has 0 spiro atoms. The normalized spacial score (nSPS) is 13.7. The first kappa shape index (κ1) is 21.5. The monoisotopic (exact) mass is 412 g/mol. The quantitative estimate of drug-likeness (QED) is 0.651. The average Bonchev–Trinajstić information content (AvgIpc) is 2.77. The van der Waals surface area contributed by atoms with Crippen LogP contribution in [0, 0.1) is 13.8 Å². The van der Waals surface area contributed by atoms with Gasteiger partial charge in [-0.2, -0.15) is 0 Å². The molecule has 0 N–H and O–H groups in total. The van der Waals surface area contributed by atoms with Crippen molar-refractivity contribution >= 4 is 17.6 Å². The van der Waals surface area contributed by atoms with Gasteiger partial charge in [-0.3, -0.25) is 4.79 Å². The first-order valence-corrected chi connectivity index (χ1v) is 9.98. The number of carbonyl (C=O) groups excluding carboxylic acids is 2. The van der Waals surface area contributed by atoms with Crippen molar-refractivity contribution < 1.29 is 23.8 Å². The number of anilines is 1. The van der Waals surface area contributed by atoms with Crippen LogP contribution in [0.25, 0.3) is 0 Å². The van der Waals surface area contributed by atoms with E-state index in [4.69, 9.17) is 14.2 Å². The molecule has 1 heterocycles. The van der Waals surface area contributed by atoms with E-state index in [0.29, 0.717) is 18.8 Å². The van der Waals surface area contributed by atoms with Crippen LogP contribution in [0.3, 0.4) is 0 Å². The summed E-state index contributed by atoms with van der Waals surface area (Å²) in [5, 5.41) is 0. The van der Waals surface area contributed by atoms with Gasteiger partial charge in [0.25, 0.3) is 5.91 Å². The van der Waals surface area contributed by atoms with Crippen molar-refractivity contribution in [3.8, 4) is 11.5 Å². The number of aryl methyl sites for hydroxylation is 2. The minimum absolute atomic E-state index is 0.191. The summed E-state index contributed by atoms with van der Waals surface area (Å²) in [6, 6.07) is 13.6. The lowest BCUT2D eigenvalue weighted by Crippen LogP contribution is -2.50. The Kier molecular flexibility index (Phi) is 7.17. The largest absolute Gasteiger partial charge is 0.497 e. The van der Waals surface area contributed by atoms with Crippen molar-refractivity contribution in [2.45, 2.75) is 13.8 Å². The van der Waals surface area contributed by atoms with Crippen LogP contribution < -0.4 is 14.4 Å². The number of amides is 1. The van der Waals surface area contributed by atoms with Crippen molar-refractivity contribution in [1.82, 2.24) is 4.90 Å². The number of nitrogens with zero attached hydrogens (tertiary/aromatic N) is 2. The predicted molar refractivity (Wildman–Crippen MR) is 114 cm³/mol. The molecule has 1 amide bonds. The second-order valence-electron chi connectivity index (χ2n) is 7.28. The Labute approximate surface area is 177 Å². The van der Waals surface area contributed by atoms with E-state index in [9.17, 15) is 9.59 Å². The lowest BCUT2D eigenvalue weighted by atomic mass is 10.1. The minimum Gasteiger partial charge on any atom is -0.497 e. The molecule has 160 valence electrons. The molecule has 1 aliphatic heterocycles. The summed E-state index contributed by atoms with van der Waals surface area (Å²) in [6.45, 7) is 6.04. The molecule has 0 unspecified atom stereocenters. The van der Waals surface area contributed by atoms with Crippen LogP contribution in [0.1, 0.15) is 11.1 Å². The Balaban J connectivity index is 1.39. The molecule has 1 aliphatic rings. The smallest absolute Gasteiger partial charge is 0.344 e. The molecule has 0 radical (unpaired) electrons. The number of ether oxygens (including phenoxy) is 3. The highest BCUT2D eigenvalue weighted by molar-refractivity contribution is 5.81. The second kappa shape index (κ2) is 10.0. The van der Waals surface area contributed by atoms with Gasteiger partial charge in [0.15, 0.2) is 13.2 Å². The molecule has 7 nitrogen and oxygen atoms in total. The van der Waals surface area contributed by atoms with Gasteiger partial charge >= 0.3 is 5.97 Å². The van der Waals surface area contributed by atoms with Crippen LogP contribution >= 0.6 is 0 Å². The Morgan fingerprint density at radius 3 is 2.27 bits per heavy atom. The summed E-state index contributed by atoms with van der Waals surface area (Å²) in [7, 11) is 1.64. The van der Waals surface area contributed by atoms with Crippen LogP contribution in [0.5, 0.6) is 11.5 Å². The lowest BCUT2D eigenvalue weighted by molar-refractivity contribution is -0.153. The van der Waals surface area contributed by atoms with E-state index in [2.05, 4.69) is 4.90 Å². The third-order valence-corrected chi connectivity index (χ3v) is 5.10. The van der Waals surface area contributed by atoms with E-state index in [1.54, 1.807) is 12.0 Å². The zero-order valence-corrected chi connectivity index (χ0v) is 17.7. The highest BCUT2D eigenvalue weighted by Crippen LogP contribution is 2.21. The average molecular weight is 412 g/mol. The standard InChI is InChI=1S/C23H28N2O5/c1-17-4-9-21(18(2)14-17)29-16-23(27)30-15-22(26)25-12-10-24(11-13-25)19-5-7-20(28-3)8-6-19/h4-9,14H,10-13,15-16H2,1-3H3. The summed E-state index contributed by atoms with van der Waals surface area (Å²) in [6.07, 6.45) is 0. The third-order valence-electron chi connectivity index (χ3n) is 5.10. The molecule has 2 aromatic carbocycles. The van der Waals surface area contributed by atoms with E-state index in [-0.39, 0.29) is 19.1 Å². The van der Waals surface area contributed by atoms with Crippen LogP contribution in [0.15, 0.2) is 42.5 Å². The van der Waals surface area contributed by atoms with Crippen LogP contribution in [-0.2, 0) is 14.3 Å². The number of benzene rings is 2. The molecular weight excluding hydrogens is 384 g/mol. The predicted octanol–water partition coefficient (Wildman–Crippen LogP) is 2.58. The first-order chi connectivity index (χ1) is 14.5. The van der Waals surface area contributed by atoms with Crippen LogP contribution in [-0.4, -0.2) is 63.3 Å². The van der Waals surface area contributed by atoms with Gasteiger partial charge in [-0.15, -0.1) is 0 Å². The van der Waals surface area contributed by atoms with E-state index in [0.717, 1.165) is 35.7 Å². The summed E-state index contributed by atoms with van der Waals surface area (Å²) in [5.74, 6) is 0.707. The number of rotatable bonds is 7. The fourth-order valence-corrected chi connectivity index (χ4v) is 3.38. The first-order valence-electron chi connectivity index (χ1n) is 9.98. The number of hydrogen-bond donors (Lipinski definition) is 0. The molecule has 0 bridgehead atoms.